The van der Waals surface area contributed by atoms with Gasteiger partial charge in [0, 0.05) is 5.41 Å². The minimum Gasteiger partial charge on any atom is -0.0985 e. The van der Waals surface area contributed by atoms with Crippen molar-refractivity contribution in [2.45, 2.75) is 121 Å². The fourth-order valence-corrected chi connectivity index (χ4v) is 10.2. The molecule has 0 saturated carbocycles. The molecule has 1 spiro atoms. The van der Waals surface area contributed by atoms with Crippen LogP contribution >= 0.6 is 0 Å². The van der Waals surface area contributed by atoms with Crippen LogP contribution in [0.5, 0.6) is 0 Å². The van der Waals surface area contributed by atoms with Crippen LogP contribution in [0, 0.1) is 27.7 Å². The monoisotopic (exact) mass is 843 g/mol. The summed E-state index contributed by atoms with van der Waals surface area (Å²) in [6, 6.07) is 56.3. The SMILES string of the molecule is C=Cc1cc(C)ccc1C.CC.CC.CC.CC.Cc1ccc2c(c1)C(C)(C)c1ccccc1-2.Cc1ccc2c(c1)C1(C3=C(c4ccccc4CC3)c3ccccc31)c1ccccc1-2. The molecule has 0 aliphatic heterocycles. The van der Waals surface area contributed by atoms with Crippen molar-refractivity contribution in [3.63, 3.8) is 0 Å². The van der Waals surface area contributed by atoms with E-state index in [1.807, 2.05) is 61.5 Å². The van der Waals surface area contributed by atoms with Gasteiger partial charge in [-0.15, -0.1) is 0 Å². The van der Waals surface area contributed by atoms with E-state index in [2.05, 4.69) is 200 Å². The molecule has 1 atom stereocenters. The molecule has 0 nitrogen and oxygen atoms in total. The summed E-state index contributed by atoms with van der Waals surface area (Å²) in [6.45, 7) is 32.9. The van der Waals surface area contributed by atoms with Crippen LogP contribution in [0.2, 0.25) is 0 Å². The van der Waals surface area contributed by atoms with E-state index in [9.17, 15) is 0 Å². The number of hydrogen-bond acceptors (Lipinski definition) is 0. The average molecular weight is 843 g/mol. The first-order valence-electron chi connectivity index (χ1n) is 24.2. The Morgan fingerprint density at radius 1 is 0.406 bits per heavy atom. The topological polar surface area (TPSA) is 0 Å². The van der Waals surface area contributed by atoms with Crippen LogP contribution in [-0.4, -0.2) is 0 Å². The quantitative estimate of drug-likeness (QED) is 0.154. The second-order valence-corrected chi connectivity index (χ2v) is 16.7. The van der Waals surface area contributed by atoms with Crippen molar-refractivity contribution in [2.24, 2.45) is 0 Å². The first kappa shape index (κ1) is 49.0. The Labute approximate surface area is 388 Å². The molecule has 7 aromatic carbocycles. The molecule has 0 aromatic heterocycles. The van der Waals surface area contributed by atoms with E-state index in [-0.39, 0.29) is 10.8 Å². The fraction of sp³-hybridized carbons (Fsp3) is 0.281. The Balaban J connectivity index is 0.000000191. The first-order valence-corrected chi connectivity index (χ1v) is 24.2. The summed E-state index contributed by atoms with van der Waals surface area (Å²) in [5, 5.41) is 0. The van der Waals surface area contributed by atoms with Gasteiger partial charge in [-0.3, -0.25) is 0 Å². The van der Waals surface area contributed by atoms with E-state index < -0.39 is 0 Å². The molecule has 4 aliphatic carbocycles. The molecule has 4 aliphatic rings. The van der Waals surface area contributed by atoms with E-state index in [0.29, 0.717) is 0 Å². The zero-order chi connectivity index (χ0) is 46.8. The summed E-state index contributed by atoms with van der Waals surface area (Å²) < 4.78 is 0. The maximum atomic E-state index is 3.73. The van der Waals surface area contributed by atoms with Gasteiger partial charge in [-0.25, -0.2) is 0 Å². The minimum absolute atomic E-state index is 0.151. The van der Waals surface area contributed by atoms with Crippen LogP contribution in [0.25, 0.3) is 33.9 Å². The zero-order valence-electron chi connectivity index (χ0n) is 41.6. The summed E-state index contributed by atoms with van der Waals surface area (Å²) in [4.78, 5) is 0. The Kier molecular flexibility index (Phi) is 16.6. The molecular formula is C64H74. The van der Waals surface area contributed by atoms with Gasteiger partial charge in [-0.1, -0.05) is 250 Å². The third-order valence-corrected chi connectivity index (χ3v) is 12.9. The summed E-state index contributed by atoms with van der Waals surface area (Å²) in [6.07, 6.45) is 4.12. The van der Waals surface area contributed by atoms with E-state index in [1.165, 1.54) is 100 Å². The van der Waals surface area contributed by atoms with E-state index in [1.54, 1.807) is 5.57 Å². The molecule has 0 saturated heterocycles. The second-order valence-electron chi connectivity index (χ2n) is 16.7. The molecule has 0 fully saturated rings. The smallest absolute Gasteiger partial charge is 0.0688 e. The van der Waals surface area contributed by atoms with Crippen LogP contribution in [0.1, 0.15) is 148 Å². The van der Waals surface area contributed by atoms with Crippen LogP contribution in [0.4, 0.5) is 0 Å². The van der Waals surface area contributed by atoms with Crippen LogP contribution in [0.3, 0.4) is 0 Å². The predicted molar refractivity (Wildman–Crippen MR) is 284 cm³/mol. The fourth-order valence-electron chi connectivity index (χ4n) is 10.2. The number of allylic oxidation sites excluding steroid dienone is 1. The highest BCUT2D eigenvalue weighted by molar-refractivity contribution is 5.99. The van der Waals surface area contributed by atoms with E-state index in [0.717, 1.165) is 12.8 Å². The molecule has 1 unspecified atom stereocenters. The molecule has 0 amide bonds. The minimum atomic E-state index is -0.155. The van der Waals surface area contributed by atoms with Gasteiger partial charge in [0.2, 0.25) is 0 Å². The molecule has 0 bridgehead atoms. The maximum Gasteiger partial charge on any atom is 0.0688 e. The third kappa shape index (κ3) is 8.65. The van der Waals surface area contributed by atoms with Crippen molar-refractivity contribution < 1.29 is 0 Å². The summed E-state index contributed by atoms with van der Waals surface area (Å²) >= 11 is 0. The zero-order valence-corrected chi connectivity index (χ0v) is 41.6. The lowest BCUT2D eigenvalue weighted by molar-refractivity contribution is 0.660. The lowest BCUT2D eigenvalue weighted by atomic mass is 9.67. The number of hydrogen-bond donors (Lipinski definition) is 0. The van der Waals surface area contributed by atoms with Gasteiger partial charge >= 0.3 is 0 Å². The van der Waals surface area contributed by atoms with Crippen molar-refractivity contribution in [3.8, 4) is 22.3 Å². The largest absolute Gasteiger partial charge is 0.0985 e. The highest BCUT2D eigenvalue weighted by Gasteiger charge is 2.53. The second kappa shape index (κ2) is 21.6. The van der Waals surface area contributed by atoms with Crippen molar-refractivity contribution in [2.75, 3.05) is 0 Å². The van der Waals surface area contributed by atoms with Crippen LogP contribution in [0.15, 0.2) is 164 Å². The molecule has 0 radical (unpaired) electrons. The molecule has 0 N–H and O–H groups in total. The highest BCUT2D eigenvalue weighted by Crippen LogP contribution is 2.64. The standard InChI is InChI=1S/C30H22.C16H16.C10H12.4C2H6/c1-19-14-16-23-22-10-4-6-12-25(22)30(28(23)18-19)26-13-7-5-11-24(26)29-21-9-3-2-8-20(21)15-17-27(29)30;1-11-8-9-13-12-6-4-5-7-14(12)16(2,3)15(13)10-11;1-4-10-7-8(2)5-6-9(10)3;4*1-2/h2-14,16,18H,15,17H2,1H3;4-10H,1-3H3;4-7H,1H2,2-3H3;4*1-2H3. The van der Waals surface area contributed by atoms with Gasteiger partial charge in [0.05, 0.1) is 5.41 Å². The number of benzene rings is 7. The number of rotatable bonds is 1. The molecule has 0 heterocycles. The maximum absolute atomic E-state index is 3.73. The Hall–Kier alpha value is -5.98. The summed E-state index contributed by atoms with van der Waals surface area (Å²) in [7, 11) is 0. The molecule has 330 valence electrons. The number of aryl methyl sites for hydroxylation is 5. The van der Waals surface area contributed by atoms with Gasteiger partial charge < -0.3 is 0 Å². The highest BCUT2D eigenvalue weighted by atomic mass is 14.5. The third-order valence-electron chi connectivity index (χ3n) is 12.9. The van der Waals surface area contributed by atoms with Crippen molar-refractivity contribution in [1.82, 2.24) is 0 Å². The van der Waals surface area contributed by atoms with E-state index in [4.69, 9.17) is 0 Å². The normalized spacial score (nSPS) is 15.1. The van der Waals surface area contributed by atoms with Gasteiger partial charge in [0.1, 0.15) is 0 Å². The number of fused-ring (bicyclic) bond motifs is 14. The Morgan fingerprint density at radius 2 is 0.828 bits per heavy atom. The van der Waals surface area contributed by atoms with Crippen molar-refractivity contribution in [1.29, 1.82) is 0 Å². The van der Waals surface area contributed by atoms with Gasteiger partial charge in [-0.2, -0.15) is 0 Å². The molecule has 11 rings (SSSR count). The summed E-state index contributed by atoms with van der Waals surface area (Å²) in [5.74, 6) is 0. The first-order chi connectivity index (χ1) is 31.1. The van der Waals surface area contributed by atoms with Gasteiger partial charge in [0.15, 0.2) is 0 Å². The molecule has 64 heavy (non-hydrogen) atoms. The van der Waals surface area contributed by atoms with Crippen LogP contribution in [-0.2, 0) is 17.3 Å². The molecular weight excluding hydrogens is 769 g/mol. The van der Waals surface area contributed by atoms with Gasteiger partial charge in [0.25, 0.3) is 0 Å². The lowest BCUT2D eigenvalue weighted by Crippen LogP contribution is -2.28. The Morgan fingerprint density at radius 3 is 1.41 bits per heavy atom. The van der Waals surface area contributed by atoms with E-state index >= 15 is 0 Å². The molecule has 7 aromatic rings. The van der Waals surface area contributed by atoms with Gasteiger partial charge in [-0.05, 0) is 130 Å². The Bertz CT molecular complexity index is 2730. The summed E-state index contributed by atoms with van der Waals surface area (Å²) in [5.41, 5.74) is 26.8. The van der Waals surface area contributed by atoms with Crippen LogP contribution < -0.4 is 0 Å². The lowest BCUT2D eigenvalue weighted by Gasteiger charge is -2.34. The van der Waals surface area contributed by atoms with Crippen molar-refractivity contribution >= 4 is 11.6 Å². The van der Waals surface area contributed by atoms with Crippen molar-refractivity contribution in [3.05, 3.63) is 236 Å². The predicted octanol–water partition coefficient (Wildman–Crippen LogP) is 18.4. The molecule has 0 heteroatoms. The average Bonchev–Trinajstić information content (AvgIpc) is 3.90.